The molecule has 0 saturated carbocycles. The fourth-order valence-corrected chi connectivity index (χ4v) is 2.87. The monoisotopic (exact) mass is 354 g/mol. The van der Waals surface area contributed by atoms with Crippen molar-refractivity contribution < 1.29 is 14.7 Å². The molecule has 0 unspecified atom stereocenters. The van der Waals surface area contributed by atoms with Crippen molar-refractivity contribution >= 4 is 18.1 Å². The van der Waals surface area contributed by atoms with Gasteiger partial charge >= 0.3 is 5.97 Å². The number of rotatable bonds is 4. The van der Waals surface area contributed by atoms with Crippen LogP contribution in [0.3, 0.4) is 0 Å². The normalized spacial score (nSPS) is 13.8. The number of benzene rings is 1. The molecule has 0 saturated heterocycles. The van der Waals surface area contributed by atoms with Crippen LogP contribution in [0, 0.1) is 0 Å². The topological polar surface area (TPSA) is 114 Å². The second-order valence-corrected chi connectivity index (χ2v) is 5.95. The number of aromatic carboxylic acids is 1. The van der Waals surface area contributed by atoms with Crippen LogP contribution in [0.2, 0.25) is 0 Å². The summed E-state index contributed by atoms with van der Waals surface area (Å²) in [6, 6.07) is 6.27. The lowest BCUT2D eigenvalue weighted by atomic mass is 10.1. The molecule has 0 spiro atoms. The van der Waals surface area contributed by atoms with Crippen LogP contribution in [0.5, 0.6) is 0 Å². The molecule has 8 nitrogen and oxygen atoms in total. The van der Waals surface area contributed by atoms with Crippen LogP contribution >= 0.6 is 0 Å². The molecule has 1 aromatic carbocycles. The second-order valence-electron chi connectivity index (χ2n) is 5.95. The van der Waals surface area contributed by atoms with E-state index in [0.717, 1.165) is 25.7 Å². The van der Waals surface area contributed by atoms with E-state index in [0.29, 0.717) is 17.9 Å². The van der Waals surface area contributed by atoms with Gasteiger partial charge in [-0.05, 0) is 18.9 Å². The van der Waals surface area contributed by atoms with Gasteiger partial charge in [0.05, 0.1) is 11.8 Å². The van der Waals surface area contributed by atoms with Crippen molar-refractivity contribution in [1.82, 2.24) is 15.0 Å². The van der Waals surface area contributed by atoms with Crippen molar-refractivity contribution in [1.29, 1.82) is 0 Å². The maximum absolute atomic E-state index is 12.5. The zero-order chi connectivity index (χ0) is 18.5. The van der Waals surface area contributed by atoms with Gasteiger partial charge in [-0.1, -0.05) is 24.6 Å². The molecule has 3 rings (SSSR count). The molecule has 1 amide bonds. The Kier molecular flexibility index (Phi) is 5.21. The van der Waals surface area contributed by atoms with Crippen molar-refractivity contribution in [3.63, 3.8) is 0 Å². The average molecular weight is 354 g/mol. The van der Waals surface area contributed by atoms with Crippen molar-refractivity contribution in [2.75, 3.05) is 0 Å². The van der Waals surface area contributed by atoms with Gasteiger partial charge in [0.15, 0.2) is 0 Å². The minimum atomic E-state index is -1.09. The zero-order valence-electron chi connectivity index (χ0n) is 14.0. The highest BCUT2D eigenvalue weighted by molar-refractivity contribution is 5.99. The summed E-state index contributed by atoms with van der Waals surface area (Å²) in [5.41, 5.74) is 2.21. The Morgan fingerprint density at radius 3 is 2.81 bits per heavy atom. The Hall–Kier alpha value is -3.29. The van der Waals surface area contributed by atoms with Gasteiger partial charge in [0.2, 0.25) is 0 Å². The number of nitrogens with one attached hydrogen (secondary N) is 1. The van der Waals surface area contributed by atoms with Crippen LogP contribution in [0.15, 0.2) is 40.4 Å². The predicted molar refractivity (Wildman–Crippen MR) is 94.5 cm³/mol. The van der Waals surface area contributed by atoms with E-state index in [1.54, 1.807) is 22.8 Å². The number of hydrogen-bond donors (Lipinski definition) is 2. The molecule has 2 heterocycles. The van der Waals surface area contributed by atoms with Crippen LogP contribution in [0.1, 0.15) is 51.4 Å². The number of aryl methyl sites for hydroxylation is 1. The quantitative estimate of drug-likeness (QED) is 0.637. The zero-order valence-corrected chi connectivity index (χ0v) is 14.0. The third kappa shape index (κ3) is 3.69. The van der Waals surface area contributed by atoms with Gasteiger partial charge in [-0.25, -0.2) is 15.2 Å². The lowest BCUT2D eigenvalue weighted by Crippen LogP contribution is -2.33. The number of aromatic nitrogens is 2. The van der Waals surface area contributed by atoms with Gasteiger partial charge in [-0.3, -0.25) is 14.2 Å². The molecule has 0 aliphatic carbocycles. The fourth-order valence-electron chi connectivity index (χ4n) is 2.87. The minimum absolute atomic E-state index is 0.0669. The number of hydrogen-bond acceptors (Lipinski definition) is 5. The molecule has 26 heavy (non-hydrogen) atoms. The third-order valence-corrected chi connectivity index (χ3v) is 4.22. The van der Waals surface area contributed by atoms with Crippen molar-refractivity contribution in [2.45, 2.75) is 32.2 Å². The molecule has 134 valence electrons. The molecule has 0 bridgehead atoms. The van der Waals surface area contributed by atoms with Crippen LogP contribution in [-0.4, -0.2) is 32.7 Å². The Morgan fingerprint density at radius 1 is 1.19 bits per heavy atom. The second kappa shape index (κ2) is 7.73. The summed E-state index contributed by atoms with van der Waals surface area (Å²) in [6.45, 7) is 0.553. The molecule has 0 fully saturated rings. The summed E-state index contributed by atoms with van der Waals surface area (Å²) >= 11 is 0. The molecule has 0 radical (unpaired) electrons. The van der Waals surface area contributed by atoms with Crippen LogP contribution in [-0.2, 0) is 13.0 Å². The number of carboxylic acid groups (broad SMARTS) is 1. The molecule has 2 N–H and O–H groups in total. The lowest BCUT2D eigenvalue weighted by Gasteiger charge is -2.09. The van der Waals surface area contributed by atoms with Gasteiger partial charge in [-0.15, -0.1) is 0 Å². The highest BCUT2D eigenvalue weighted by Gasteiger charge is 2.17. The van der Waals surface area contributed by atoms with Gasteiger partial charge < -0.3 is 5.11 Å². The standard InChI is InChI=1S/C18H18N4O4/c23-16(21-20-10-12-6-3-4-7-13(12)18(25)26)14-11-19-15-8-2-1-5-9-22(15)17(14)24/h3-4,6-7,10-11H,1-2,5,8-9H2,(H,21,23)(H,25,26)/b20-10+. The lowest BCUT2D eigenvalue weighted by molar-refractivity contribution is 0.0696. The Bertz CT molecular complexity index is 933. The summed E-state index contributed by atoms with van der Waals surface area (Å²) in [6.07, 6.45) is 6.11. The van der Waals surface area contributed by atoms with E-state index in [-0.39, 0.29) is 16.7 Å². The summed E-state index contributed by atoms with van der Waals surface area (Å²) in [7, 11) is 0. The Balaban J connectivity index is 1.78. The number of amides is 1. The van der Waals surface area contributed by atoms with Crippen molar-refractivity contribution in [3.8, 4) is 0 Å². The Labute approximate surface area is 149 Å². The van der Waals surface area contributed by atoms with Gasteiger partial charge in [-0.2, -0.15) is 5.10 Å². The summed E-state index contributed by atoms with van der Waals surface area (Å²) in [5, 5.41) is 12.9. The predicted octanol–water partition coefficient (Wildman–Crippen LogP) is 1.43. The summed E-state index contributed by atoms with van der Waals surface area (Å²) < 4.78 is 1.55. The highest BCUT2D eigenvalue weighted by atomic mass is 16.4. The first-order valence-corrected chi connectivity index (χ1v) is 8.32. The van der Waals surface area contributed by atoms with Gasteiger partial charge in [0.25, 0.3) is 11.5 Å². The van der Waals surface area contributed by atoms with Crippen molar-refractivity contribution in [2.24, 2.45) is 5.10 Å². The molecular weight excluding hydrogens is 336 g/mol. The number of nitrogens with zero attached hydrogens (tertiary/aromatic N) is 3. The maximum atomic E-state index is 12.5. The molecule has 2 aromatic rings. The van der Waals surface area contributed by atoms with E-state index in [2.05, 4.69) is 15.5 Å². The molecule has 1 aliphatic heterocycles. The number of carboxylic acids is 1. The van der Waals surface area contributed by atoms with E-state index in [1.807, 2.05) is 0 Å². The first-order chi connectivity index (χ1) is 12.6. The number of carbonyl (C=O) groups is 2. The average Bonchev–Trinajstić information content (AvgIpc) is 2.88. The van der Waals surface area contributed by atoms with E-state index in [1.165, 1.54) is 18.5 Å². The van der Waals surface area contributed by atoms with E-state index in [4.69, 9.17) is 5.11 Å². The minimum Gasteiger partial charge on any atom is -0.478 e. The van der Waals surface area contributed by atoms with Crippen LogP contribution in [0.25, 0.3) is 0 Å². The highest BCUT2D eigenvalue weighted by Crippen LogP contribution is 2.10. The van der Waals surface area contributed by atoms with Gasteiger partial charge in [0.1, 0.15) is 11.4 Å². The van der Waals surface area contributed by atoms with E-state index < -0.39 is 11.9 Å². The number of fused-ring (bicyclic) bond motifs is 1. The molecule has 0 atom stereocenters. The largest absolute Gasteiger partial charge is 0.478 e. The van der Waals surface area contributed by atoms with Crippen LogP contribution in [0.4, 0.5) is 0 Å². The smallest absolute Gasteiger partial charge is 0.336 e. The van der Waals surface area contributed by atoms with Crippen molar-refractivity contribution in [3.05, 3.63) is 63.3 Å². The SMILES string of the molecule is O=C(O)c1ccccc1/C=N/NC(=O)c1cnc2n(c1=O)CCCCC2. The maximum Gasteiger partial charge on any atom is 0.336 e. The molecule has 8 heteroatoms. The van der Waals surface area contributed by atoms with Gasteiger partial charge in [0, 0.05) is 24.7 Å². The third-order valence-electron chi connectivity index (χ3n) is 4.22. The molecule has 1 aromatic heterocycles. The number of carbonyl (C=O) groups excluding carboxylic acids is 1. The van der Waals surface area contributed by atoms with Crippen LogP contribution < -0.4 is 11.0 Å². The summed E-state index contributed by atoms with van der Waals surface area (Å²) in [5.74, 6) is -1.07. The first kappa shape index (κ1) is 17.5. The van der Waals surface area contributed by atoms with E-state index >= 15 is 0 Å². The molecular formula is C18H18N4O4. The Morgan fingerprint density at radius 2 is 2.00 bits per heavy atom. The molecule has 1 aliphatic rings. The first-order valence-electron chi connectivity index (χ1n) is 8.32. The van der Waals surface area contributed by atoms with E-state index in [9.17, 15) is 14.4 Å². The fraction of sp³-hybridized carbons (Fsp3) is 0.278. The summed E-state index contributed by atoms with van der Waals surface area (Å²) in [4.78, 5) is 40.2. The number of hydrazone groups is 1.